The molecule has 0 spiro atoms. The van der Waals surface area contributed by atoms with Gasteiger partial charge >= 0.3 is 5.97 Å². The third-order valence-corrected chi connectivity index (χ3v) is 3.01. The molecule has 0 aliphatic rings. The van der Waals surface area contributed by atoms with Gasteiger partial charge in [0, 0.05) is 5.56 Å². The smallest absolute Gasteiger partial charge is 0.309 e. The summed E-state index contributed by atoms with van der Waals surface area (Å²) < 4.78 is 32.9. The third kappa shape index (κ3) is 2.60. The Morgan fingerprint density at radius 1 is 1.33 bits per heavy atom. The standard InChI is InChI=1S/C13H16F2O3/c1-7-5-10(18-4)8(2)9(3)12(7)13(14,15)6-11(16)17/h5H,6H2,1-4H3,(H,16,17). The molecule has 1 N–H and O–H groups in total. The summed E-state index contributed by atoms with van der Waals surface area (Å²) in [6, 6.07) is 1.51. The summed E-state index contributed by atoms with van der Waals surface area (Å²) in [5.41, 5.74) is 1.09. The van der Waals surface area contributed by atoms with Gasteiger partial charge in [0.1, 0.15) is 12.2 Å². The maximum Gasteiger partial charge on any atom is 0.309 e. The second-order valence-corrected chi connectivity index (χ2v) is 4.30. The number of halogens is 2. The number of rotatable bonds is 4. The molecule has 5 heteroatoms. The number of methoxy groups -OCH3 is 1. The van der Waals surface area contributed by atoms with Crippen molar-refractivity contribution < 1.29 is 23.4 Å². The summed E-state index contributed by atoms with van der Waals surface area (Å²) in [7, 11) is 1.47. The highest BCUT2D eigenvalue weighted by Crippen LogP contribution is 2.39. The number of hydrogen-bond acceptors (Lipinski definition) is 2. The number of alkyl halides is 2. The van der Waals surface area contributed by atoms with Crippen LogP contribution >= 0.6 is 0 Å². The number of carboxylic acid groups (broad SMARTS) is 1. The largest absolute Gasteiger partial charge is 0.496 e. The second kappa shape index (κ2) is 4.92. The van der Waals surface area contributed by atoms with Crippen LogP contribution in [0.25, 0.3) is 0 Å². The minimum atomic E-state index is -3.38. The molecular weight excluding hydrogens is 242 g/mol. The topological polar surface area (TPSA) is 46.5 Å². The first-order valence-electron chi connectivity index (χ1n) is 5.45. The minimum Gasteiger partial charge on any atom is -0.496 e. The van der Waals surface area contributed by atoms with Crippen molar-refractivity contribution in [3.63, 3.8) is 0 Å². The molecular formula is C13H16F2O3. The van der Waals surface area contributed by atoms with Gasteiger partial charge in [0.2, 0.25) is 0 Å². The summed E-state index contributed by atoms with van der Waals surface area (Å²) >= 11 is 0. The van der Waals surface area contributed by atoms with E-state index in [2.05, 4.69) is 0 Å². The minimum absolute atomic E-state index is 0.219. The van der Waals surface area contributed by atoms with Gasteiger partial charge in [-0.2, -0.15) is 0 Å². The van der Waals surface area contributed by atoms with Crippen molar-refractivity contribution in [2.24, 2.45) is 0 Å². The third-order valence-electron chi connectivity index (χ3n) is 3.01. The normalized spacial score (nSPS) is 11.4. The molecule has 0 radical (unpaired) electrons. The molecule has 1 aromatic rings. The number of carboxylic acids is 1. The zero-order valence-corrected chi connectivity index (χ0v) is 10.8. The number of aryl methyl sites for hydroxylation is 1. The molecule has 0 aromatic heterocycles. The molecule has 0 atom stereocenters. The number of ether oxygens (including phenoxy) is 1. The predicted octanol–water partition coefficient (Wildman–Crippen LogP) is 3.19. The summed E-state index contributed by atoms with van der Waals surface area (Å²) in [5, 5.41) is 8.56. The molecule has 0 saturated carbocycles. The molecule has 100 valence electrons. The van der Waals surface area contributed by atoms with Crippen LogP contribution < -0.4 is 4.74 Å². The molecule has 0 aliphatic carbocycles. The number of aliphatic carboxylic acids is 1. The molecule has 0 aliphatic heterocycles. The summed E-state index contributed by atoms with van der Waals surface area (Å²) in [6.07, 6.45) is -1.21. The van der Waals surface area contributed by atoms with Crippen LogP contribution in [0.15, 0.2) is 6.07 Å². The first-order valence-corrected chi connectivity index (χ1v) is 5.45. The van der Waals surface area contributed by atoms with E-state index in [0.717, 1.165) is 0 Å². The fourth-order valence-corrected chi connectivity index (χ4v) is 2.10. The molecule has 1 aromatic carbocycles. The van der Waals surface area contributed by atoms with Gasteiger partial charge in [0.25, 0.3) is 5.92 Å². The highest BCUT2D eigenvalue weighted by Gasteiger charge is 2.38. The van der Waals surface area contributed by atoms with Gasteiger partial charge in [-0.25, -0.2) is 8.78 Å². The van der Waals surface area contributed by atoms with Gasteiger partial charge in [0.15, 0.2) is 0 Å². The van der Waals surface area contributed by atoms with Crippen molar-refractivity contribution >= 4 is 5.97 Å². The number of benzene rings is 1. The number of hydrogen-bond donors (Lipinski definition) is 1. The monoisotopic (exact) mass is 258 g/mol. The van der Waals surface area contributed by atoms with Crippen molar-refractivity contribution in [2.45, 2.75) is 33.1 Å². The predicted molar refractivity (Wildman–Crippen MR) is 63.4 cm³/mol. The lowest BCUT2D eigenvalue weighted by atomic mass is 9.91. The highest BCUT2D eigenvalue weighted by molar-refractivity contribution is 5.69. The first kappa shape index (κ1) is 14.4. The molecule has 0 amide bonds. The van der Waals surface area contributed by atoms with Crippen LogP contribution in [0, 0.1) is 20.8 Å². The molecule has 0 fully saturated rings. The average molecular weight is 258 g/mol. The molecule has 3 nitrogen and oxygen atoms in total. The maximum atomic E-state index is 13.9. The average Bonchev–Trinajstić information content (AvgIpc) is 2.21. The van der Waals surface area contributed by atoms with Crippen molar-refractivity contribution in [2.75, 3.05) is 7.11 Å². The van der Waals surface area contributed by atoms with E-state index in [1.165, 1.54) is 20.1 Å². The molecule has 1 rings (SSSR count). The molecule has 0 heterocycles. The second-order valence-electron chi connectivity index (χ2n) is 4.30. The van der Waals surface area contributed by atoms with Gasteiger partial charge in [-0.3, -0.25) is 4.79 Å². The van der Waals surface area contributed by atoms with E-state index in [1.54, 1.807) is 13.8 Å². The Kier molecular flexibility index (Phi) is 3.94. The van der Waals surface area contributed by atoms with Crippen molar-refractivity contribution in [1.29, 1.82) is 0 Å². The van der Waals surface area contributed by atoms with Crippen LogP contribution in [-0.2, 0) is 10.7 Å². The van der Waals surface area contributed by atoms with Crippen LogP contribution in [0.3, 0.4) is 0 Å². The van der Waals surface area contributed by atoms with Gasteiger partial charge in [-0.05, 0) is 43.5 Å². The maximum absolute atomic E-state index is 13.9. The van der Waals surface area contributed by atoms with Gasteiger partial charge in [0.05, 0.1) is 7.11 Å². The SMILES string of the molecule is COc1cc(C)c(C(F)(F)CC(=O)O)c(C)c1C. The van der Waals surface area contributed by atoms with E-state index in [0.29, 0.717) is 22.4 Å². The Morgan fingerprint density at radius 3 is 2.33 bits per heavy atom. The first-order chi connectivity index (χ1) is 8.20. The fourth-order valence-electron chi connectivity index (χ4n) is 2.10. The zero-order chi connectivity index (χ0) is 14.1. The molecule has 0 unspecified atom stereocenters. The van der Waals surface area contributed by atoms with Crippen LogP contribution in [0.1, 0.15) is 28.7 Å². The fraction of sp³-hybridized carbons (Fsp3) is 0.462. The van der Waals surface area contributed by atoms with E-state index in [1.807, 2.05) is 0 Å². The summed E-state index contributed by atoms with van der Waals surface area (Å²) in [4.78, 5) is 10.5. The van der Waals surface area contributed by atoms with E-state index < -0.39 is 18.3 Å². The lowest BCUT2D eigenvalue weighted by Crippen LogP contribution is -2.21. The lowest BCUT2D eigenvalue weighted by Gasteiger charge is -2.22. The Labute approximate surface area is 104 Å². The van der Waals surface area contributed by atoms with Crippen molar-refractivity contribution in [3.8, 4) is 5.75 Å². The Morgan fingerprint density at radius 2 is 1.89 bits per heavy atom. The molecule has 18 heavy (non-hydrogen) atoms. The van der Waals surface area contributed by atoms with Crippen LogP contribution in [0.5, 0.6) is 5.75 Å². The molecule has 0 saturated heterocycles. The van der Waals surface area contributed by atoms with E-state index in [-0.39, 0.29) is 5.56 Å². The van der Waals surface area contributed by atoms with E-state index in [4.69, 9.17) is 9.84 Å². The molecule has 0 bridgehead atoms. The van der Waals surface area contributed by atoms with Crippen molar-refractivity contribution in [3.05, 3.63) is 28.3 Å². The quantitative estimate of drug-likeness (QED) is 0.902. The Balaban J connectivity index is 3.42. The van der Waals surface area contributed by atoms with E-state index in [9.17, 15) is 13.6 Å². The number of carbonyl (C=O) groups is 1. The Bertz CT molecular complexity index is 482. The van der Waals surface area contributed by atoms with E-state index >= 15 is 0 Å². The van der Waals surface area contributed by atoms with Gasteiger partial charge < -0.3 is 9.84 Å². The van der Waals surface area contributed by atoms with Gasteiger partial charge in [-0.1, -0.05) is 0 Å². The van der Waals surface area contributed by atoms with Crippen LogP contribution in [0.4, 0.5) is 8.78 Å². The summed E-state index contributed by atoms with van der Waals surface area (Å²) in [5.74, 6) is -4.37. The highest BCUT2D eigenvalue weighted by atomic mass is 19.3. The lowest BCUT2D eigenvalue weighted by molar-refractivity contribution is -0.145. The Hall–Kier alpha value is -1.65. The summed E-state index contributed by atoms with van der Waals surface area (Å²) in [6.45, 7) is 4.75. The van der Waals surface area contributed by atoms with Crippen molar-refractivity contribution in [1.82, 2.24) is 0 Å². The van der Waals surface area contributed by atoms with Crippen LogP contribution in [0.2, 0.25) is 0 Å². The zero-order valence-electron chi connectivity index (χ0n) is 10.8. The van der Waals surface area contributed by atoms with Crippen LogP contribution in [-0.4, -0.2) is 18.2 Å². The van der Waals surface area contributed by atoms with Gasteiger partial charge in [-0.15, -0.1) is 0 Å².